The van der Waals surface area contributed by atoms with E-state index in [-0.39, 0.29) is 11.5 Å². The van der Waals surface area contributed by atoms with E-state index >= 15 is 0 Å². The highest BCUT2D eigenvalue weighted by Gasteiger charge is 2.44. The van der Waals surface area contributed by atoms with Crippen LogP contribution in [0.25, 0.3) is 0 Å². The number of nitrogens with zero attached hydrogens (tertiary/aromatic N) is 3. The first kappa shape index (κ1) is 18.7. The summed E-state index contributed by atoms with van der Waals surface area (Å²) in [5.41, 5.74) is 1.19. The number of amides is 1. The Morgan fingerprint density at radius 2 is 1.85 bits per heavy atom. The van der Waals surface area contributed by atoms with E-state index in [1.165, 1.54) is 5.69 Å². The maximum Gasteiger partial charge on any atom is 0.236 e. The van der Waals surface area contributed by atoms with Gasteiger partial charge in [-0.3, -0.25) is 9.69 Å². The highest BCUT2D eigenvalue weighted by atomic mass is 16.5. The molecule has 1 aromatic rings. The predicted octanol–water partition coefficient (Wildman–Crippen LogP) is 1.61. The third-order valence-corrected chi connectivity index (χ3v) is 6.39. The van der Waals surface area contributed by atoms with Crippen molar-refractivity contribution in [3.05, 3.63) is 30.3 Å². The van der Waals surface area contributed by atoms with Gasteiger partial charge in [0.2, 0.25) is 5.91 Å². The van der Waals surface area contributed by atoms with Gasteiger partial charge in [0.1, 0.15) is 0 Å². The lowest BCUT2D eigenvalue weighted by molar-refractivity contribution is -0.138. The number of anilines is 1. The summed E-state index contributed by atoms with van der Waals surface area (Å²) in [6.45, 7) is 6.11. The SMILES string of the molecule is CN(c1ccccc1)[C@@H]1COC2(CCN(C(=O)CN3CCOCC3)CC2)C1. The number of rotatable bonds is 4. The molecule has 3 heterocycles. The molecule has 27 heavy (non-hydrogen) atoms. The van der Waals surface area contributed by atoms with E-state index in [9.17, 15) is 4.79 Å². The molecule has 3 aliphatic heterocycles. The van der Waals surface area contributed by atoms with Gasteiger partial charge in [0.15, 0.2) is 0 Å². The molecule has 1 aromatic carbocycles. The van der Waals surface area contributed by atoms with Crippen LogP contribution in [0.4, 0.5) is 5.69 Å². The second-order valence-electron chi connectivity index (χ2n) is 8.07. The minimum atomic E-state index is -0.0521. The number of benzene rings is 1. The van der Waals surface area contributed by atoms with Gasteiger partial charge < -0.3 is 19.3 Å². The lowest BCUT2D eigenvalue weighted by atomic mass is 9.87. The molecule has 3 fully saturated rings. The number of hydrogen-bond donors (Lipinski definition) is 0. The van der Waals surface area contributed by atoms with E-state index in [1.54, 1.807) is 0 Å². The molecule has 1 atom stereocenters. The zero-order valence-corrected chi connectivity index (χ0v) is 16.3. The average molecular weight is 373 g/mol. The third-order valence-electron chi connectivity index (χ3n) is 6.39. The molecule has 3 aliphatic rings. The van der Waals surface area contributed by atoms with Gasteiger partial charge in [-0.05, 0) is 31.4 Å². The molecule has 6 heteroatoms. The number of hydrogen-bond acceptors (Lipinski definition) is 5. The van der Waals surface area contributed by atoms with Crippen molar-refractivity contribution in [3.8, 4) is 0 Å². The van der Waals surface area contributed by atoms with Crippen LogP contribution in [0.2, 0.25) is 0 Å². The molecular weight excluding hydrogens is 342 g/mol. The Morgan fingerprint density at radius 1 is 1.15 bits per heavy atom. The molecule has 0 aliphatic carbocycles. The summed E-state index contributed by atoms with van der Waals surface area (Å²) in [7, 11) is 2.16. The Hall–Kier alpha value is -1.63. The van der Waals surface area contributed by atoms with Gasteiger partial charge >= 0.3 is 0 Å². The first-order chi connectivity index (χ1) is 13.2. The van der Waals surface area contributed by atoms with Crippen LogP contribution in [0.3, 0.4) is 0 Å². The van der Waals surface area contributed by atoms with Gasteiger partial charge in [-0.15, -0.1) is 0 Å². The van der Waals surface area contributed by atoms with E-state index in [0.717, 1.165) is 65.3 Å². The summed E-state index contributed by atoms with van der Waals surface area (Å²) < 4.78 is 11.7. The number of carbonyl (C=O) groups excluding carboxylic acids is 1. The summed E-state index contributed by atoms with van der Waals surface area (Å²) in [6, 6.07) is 10.9. The molecule has 1 spiro atoms. The van der Waals surface area contributed by atoms with Crippen LogP contribution in [-0.4, -0.2) is 86.9 Å². The Labute approximate surface area is 162 Å². The van der Waals surface area contributed by atoms with Gasteiger partial charge in [0, 0.05) is 38.9 Å². The van der Waals surface area contributed by atoms with E-state index in [4.69, 9.17) is 9.47 Å². The normalized spacial score (nSPS) is 25.7. The van der Waals surface area contributed by atoms with Gasteiger partial charge in [-0.1, -0.05) is 18.2 Å². The Morgan fingerprint density at radius 3 is 2.56 bits per heavy atom. The summed E-state index contributed by atoms with van der Waals surface area (Å²) >= 11 is 0. The Balaban J connectivity index is 1.28. The largest absolute Gasteiger partial charge is 0.379 e. The number of para-hydroxylation sites is 1. The van der Waals surface area contributed by atoms with Crippen LogP contribution in [0.1, 0.15) is 19.3 Å². The number of likely N-dealkylation sites (N-methyl/N-ethyl adjacent to an activating group) is 1. The molecule has 6 nitrogen and oxygen atoms in total. The van der Waals surface area contributed by atoms with Crippen molar-refractivity contribution >= 4 is 11.6 Å². The van der Waals surface area contributed by atoms with Crippen LogP contribution < -0.4 is 4.90 Å². The van der Waals surface area contributed by atoms with Crippen molar-refractivity contribution in [2.24, 2.45) is 0 Å². The monoisotopic (exact) mass is 373 g/mol. The Bertz CT molecular complexity index is 625. The topological polar surface area (TPSA) is 45.2 Å². The quantitative estimate of drug-likeness (QED) is 0.802. The summed E-state index contributed by atoms with van der Waals surface area (Å²) in [5.74, 6) is 0.253. The third kappa shape index (κ3) is 4.28. The molecule has 0 N–H and O–H groups in total. The molecular formula is C21H31N3O3. The lowest BCUT2D eigenvalue weighted by Crippen LogP contribution is -2.50. The number of likely N-dealkylation sites (tertiary alicyclic amines) is 1. The first-order valence-corrected chi connectivity index (χ1v) is 10.1. The minimum absolute atomic E-state index is 0.0521. The van der Waals surface area contributed by atoms with Crippen LogP contribution in [0.15, 0.2) is 30.3 Å². The van der Waals surface area contributed by atoms with Gasteiger partial charge in [-0.2, -0.15) is 0 Å². The van der Waals surface area contributed by atoms with Crippen molar-refractivity contribution in [2.75, 3.05) is 64.5 Å². The minimum Gasteiger partial charge on any atom is -0.379 e. The lowest BCUT2D eigenvalue weighted by Gasteiger charge is -2.40. The van der Waals surface area contributed by atoms with Crippen molar-refractivity contribution in [2.45, 2.75) is 30.9 Å². The van der Waals surface area contributed by atoms with Crippen molar-refractivity contribution in [1.82, 2.24) is 9.80 Å². The second kappa shape index (κ2) is 8.17. The molecule has 4 rings (SSSR count). The zero-order valence-electron chi connectivity index (χ0n) is 16.3. The molecule has 0 saturated carbocycles. The second-order valence-corrected chi connectivity index (χ2v) is 8.07. The van der Waals surface area contributed by atoms with E-state index in [1.807, 2.05) is 11.0 Å². The van der Waals surface area contributed by atoms with Crippen LogP contribution >= 0.6 is 0 Å². The number of morpholine rings is 1. The number of piperidine rings is 1. The number of ether oxygens (including phenoxy) is 2. The summed E-state index contributed by atoms with van der Waals surface area (Å²) in [6.07, 6.45) is 2.94. The van der Waals surface area contributed by atoms with E-state index in [2.05, 4.69) is 41.1 Å². The fourth-order valence-corrected chi connectivity index (χ4v) is 4.51. The summed E-state index contributed by atoms with van der Waals surface area (Å²) in [5, 5.41) is 0. The van der Waals surface area contributed by atoms with Crippen molar-refractivity contribution in [1.29, 1.82) is 0 Å². The zero-order chi connectivity index (χ0) is 18.7. The summed E-state index contributed by atoms with van der Waals surface area (Å²) in [4.78, 5) is 19.2. The van der Waals surface area contributed by atoms with E-state index in [0.29, 0.717) is 12.6 Å². The average Bonchev–Trinajstić information content (AvgIpc) is 3.13. The van der Waals surface area contributed by atoms with Crippen molar-refractivity contribution in [3.63, 3.8) is 0 Å². The molecule has 0 bridgehead atoms. The molecule has 3 saturated heterocycles. The Kier molecular flexibility index (Phi) is 5.66. The molecule has 148 valence electrons. The maximum absolute atomic E-state index is 12.6. The highest BCUT2D eigenvalue weighted by molar-refractivity contribution is 5.78. The fourth-order valence-electron chi connectivity index (χ4n) is 4.51. The van der Waals surface area contributed by atoms with Crippen LogP contribution in [-0.2, 0) is 14.3 Å². The smallest absolute Gasteiger partial charge is 0.236 e. The molecule has 0 radical (unpaired) electrons. The van der Waals surface area contributed by atoms with Gasteiger partial charge in [-0.25, -0.2) is 0 Å². The molecule has 0 aromatic heterocycles. The van der Waals surface area contributed by atoms with E-state index < -0.39 is 0 Å². The van der Waals surface area contributed by atoms with Gasteiger partial charge in [0.05, 0.1) is 38.0 Å². The number of carbonyl (C=O) groups is 1. The highest BCUT2D eigenvalue weighted by Crippen LogP contribution is 2.38. The van der Waals surface area contributed by atoms with Crippen LogP contribution in [0.5, 0.6) is 0 Å². The fraction of sp³-hybridized carbons (Fsp3) is 0.667. The van der Waals surface area contributed by atoms with Crippen LogP contribution in [0, 0.1) is 0 Å². The van der Waals surface area contributed by atoms with Crippen molar-refractivity contribution < 1.29 is 14.3 Å². The standard InChI is InChI=1S/C21H31N3O3/c1-22(18-5-3-2-4-6-18)19-15-21(27-17-19)7-9-24(10-8-21)20(25)16-23-11-13-26-14-12-23/h2-6,19H,7-17H2,1H3/t19-/m0/s1. The van der Waals surface area contributed by atoms with Gasteiger partial charge in [0.25, 0.3) is 0 Å². The predicted molar refractivity (Wildman–Crippen MR) is 105 cm³/mol. The maximum atomic E-state index is 12.6. The first-order valence-electron chi connectivity index (χ1n) is 10.1. The molecule has 1 amide bonds. The molecule has 0 unspecified atom stereocenters.